The average Bonchev–Trinajstić information content (AvgIpc) is 2.44. The van der Waals surface area contributed by atoms with Crippen molar-refractivity contribution in [2.75, 3.05) is 26.3 Å². The molecule has 0 radical (unpaired) electrons. The molecule has 1 fully saturated rings. The summed E-state index contributed by atoms with van der Waals surface area (Å²) in [6, 6.07) is 3.07. The lowest BCUT2D eigenvalue weighted by atomic mass is 10.2. The Hall–Kier alpha value is -1.28. The molecule has 1 saturated heterocycles. The van der Waals surface area contributed by atoms with Crippen LogP contribution in [0.1, 0.15) is 12.5 Å². The fraction of sp³-hybridized carbons (Fsp3) is 0.500. The van der Waals surface area contributed by atoms with Crippen molar-refractivity contribution in [2.24, 2.45) is 0 Å². The van der Waals surface area contributed by atoms with Crippen LogP contribution in [0, 0.1) is 0 Å². The van der Waals surface area contributed by atoms with E-state index in [4.69, 9.17) is 9.47 Å². The first kappa shape index (κ1) is 17.1. The predicted octanol–water partition coefficient (Wildman–Crippen LogP) is 3.09. The fourth-order valence-electron chi connectivity index (χ4n) is 2.07. The highest BCUT2D eigenvalue weighted by molar-refractivity contribution is 9.10. The van der Waals surface area contributed by atoms with E-state index in [0.717, 1.165) is 12.1 Å². The standard InChI is InChI=1S/C14H15BrF3NO3/c1-9-7-19(4-5-21-9)13(20)8-22-12-6-10(14(16,17)18)2-3-11(12)15/h2-3,6,9H,4-5,7-8H2,1H3. The number of carbonyl (C=O) groups is 1. The summed E-state index contributed by atoms with van der Waals surface area (Å²) in [5, 5.41) is 0. The van der Waals surface area contributed by atoms with Gasteiger partial charge in [0.15, 0.2) is 6.61 Å². The third-order valence-electron chi connectivity index (χ3n) is 3.20. The van der Waals surface area contributed by atoms with Crippen molar-refractivity contribution < 1.29 is 27.4 Å². The predicted molar refractivity (Wildman–Crippen MR) is 76.6 cm³/mol. The monoisotopic (exact) mass is 381 g/mol. The van der Waals surface area contributed by atoms with E-state index in [1.54, 1.807) is 4.90 Å². The van der Waals surface area contributed by atoms with Crippen molar-refractivity contribution in [2.45, 2.75) is 19.2 Å². The molecule has 8 heteroatoms. The van der Waals surface area contributed by atoms with Crippen LogP contribution in [0.4, 0.5) is 13.2 Å². The van der Waals surface area contributed by atoms with E-state index in [0.29, 0.717) is 24.2 Å². The van der Waals surface area contributed by atoms with Gasteiger partial charge in [0.25, 0.3) is 5.91 Å². The largest absolute Gasteiger partial charge is 0.483 e. The van der Waals surface area contributed by atoms with Gasteiger partial charge in [-0.15, -0.1) is 0 Å². The van der Waals surface area contributed by atoms with E-state index < -0.39 is 11.7 Å². The molecular formula is C14H15BrF3NO3. The SMILES string of the molecule is CC1CN(C(=O)COc2cc(C(F)(F)F)ccc2Br)CCO1. The van der Waals surface area contributed by atoms with Crippen molar-refractivity contribution in [3.05, 3.63) is 28.2 Å². The Morgan fingerprint density at radius 1 is 1.50 bits per heavy atom. The Kier molecular flexibility index (Phi) is 5.33. The van der Waals surface area contributed by atoms with Crippen LogP contribution in [0.25, 0.3) is 0 Å². The van der Waals surface area contributed by atoms with Crippen LogP contribution in [0.15, 0.2) is 22.7 Å². The maximum atomic E-state index is 12.7. The maximum Gasteiger partial charge on any atom is 0.416 e. The number of hydrogen-bond donors (Lipinski definition) is 0. The molecule has 1 aliphatic rings. The lowest BCUT2D eigenvalue weighted by Gasteiger charge is -2.31. The van der Waals surface area contributed by atoms with E-state index in [1.807, 2.05) is 6.92 Å². The molecule has 1 unspecified atom stereocenters. The zero-order valence-electron chi connectivity index (χ0n) is 11.8. The van der Waals surface area contributed by atoms with Crippen molar-refractivity contribution in [3.63, 3.8) is 0 Å². The van der Waals surface area contributed by atoms with Gasteiger partial charge in [0.05, 0.1) is 22.7 Å². The van der Waals surface area contributed by atoms with Gasteiger partial charge in [-0.1, -0.05) is 0 Å². The van der Waals surface area contributed by atoms with Crippen LogP contribution in [0.5, 0.6) is 5.75 Å². The molecule has 0 N–H and O–H groups in total. The van der Waals surface area contributed by atoms with Crippen LogP contribution >= 0.6 is 15.9 Å². The second-order valence-electron chi connectivity index (χ2n) is 4.95. The summed E-state index contributed by atoms with van der Waals surface area (Å²) in [5.74, 6) is -0.288. The van der Waals surface area contributed by atoms with Gasteiger partial charge in [-0.3, -0.25) is 4.79 Å². The van der Waals surface area contributed by atoms with Gasteiger partial charge in [-0.25, -0.2) is 0 Å². The fourth-order valence-corrected chi connectivity index (χ4v) is 2.43. The van der Waals surface area contributed by atoms with Crippen LogP contribution < -0.4 is 4.74 Å². The Bertz CT molecular complexity index is 551. The highest BCUT2D eigenvalue weighted by Gasteiger charge is 2.31. The second kappa shape index (κ2) is 6.87. The van der Waals surface area contributed by atoms with Gasteiger partial charge in [-0.2, -0.15) is 13.2 Å². The number of halogens is 4. The number of alkyl halides is 3. The maximum absolute atomic E-state index is 12.7. The molecule has 1 atom stereocenters. The molecule has 1 aromatic carbocycles. The molecule has 1 aliphatic heterocycles. The van der Waals surface area contributed by atoms with Gasteiger partial charge >= 0.3 is 6.18 Å². The minimum absolute atomic E-state index is 0.00974. The molecule has 22 heavy (non-hydrogen) atoms. The Balaban J connectivity index is 2.00. The number of nitrogens with zero attached hydrogens (tertiary/aromatic N) is 1. The van der Waals surface area contributed by atoms with Crippen molar-refractivity contribution in [3.8, 4) is 5.75 Å². The molecular weight excluding hydrogens is 367 g/mol. The van der Waals surface area contributed by atoms with Gasteiger partial charge in [0.2, 0.25) is 0 Å². The average molecular weight is 382 g/mol. The van der Waals surface area contributed by atoms with E-state index >= 15 is 0 Å². The summed E-state index contributed by atoms with van der Waals surface area (Å²) < 4.78 is 49.0. The first-order chi connectivity index (χ1) is 10.3. The number of carbonyl (C=O) groups excluding carboxylic acids is 1. The van der Waals surface area contributed by atoms with Gasteiger partial charge in [0, 0.05) is 13.1 Å². The minimum Gasteiger partial charge on any atom is -0.483 e. The van der Waals surface area contributed by atoms with Gasteiger partial charge in [-0.05, 0) is 41.1 Å². The van der Waals surface area contributed by atoms with Gasteiger partial charge in [0.1, 0.15) is 5.75 Å². The number of benzene rings is 1. The highest BCUT2D eigenvalue weighted by Crippen LogP contribution is 2.35. The lowest BCUT2D eigenvalue weighted by molar-refractivity contribution is -0.140. The molecule has 0 aliphatic carbocycles. The topological polar surface area (TPSA) is 38.8 Å². The summed E-state index contributed by atoms with van der Waals surface area (Å²) in [6.07, 6.45) is -4.51. The number of morpholine rings is 1. The van der Waals surface area contributed by atoms with Crippen molar-refractivity contribution >= 4 is 21.8 Å². The molecule has 1 heterocycles. The van der Waals surface area contributed by atoms with Crippen LogP contribution in [-0.4, -0.2) is 43.2 Å². The zero-order chi connectivity index (χ0) is 16.3. The third-order valence-corrected chi connectivity index (χ3v) is 3.86. The molecule has 0 aromatic heterocycles. The summed E-state index contributed by atoms with van der Waals surface area (Å²) in [6.45, 7) is 2.89. The van der Waals surface area contributed by atoms with E-state index in [2.05, 4.69) is 15.9 Å². The normalized spacial score (nSPS) is 19.1. The quantitative estimate of drug-likeness (QED) is 0.807. The summed E-state index contributed by atoms with van der Waals surface area (Å²) in [5.41, 5.74) is -0.821. The molecule has 4 nitrogen and oxygen atoms in total. The summed E-state index contributed by atoms with van der Waals surface area (Å²) in [4.78, 5) is 13.6. The number of rotatable bonds is 3. The first-order valence-corrected chi connectivity index (χ1v) is 7.45. The molecule has 1 amide bonds. The van der Waals surface area contributed by atoms with Gasteiger partial charge < -0.3 is 14.4 Å². The number of ether oxygens (including phenoxy) is 2. The molecule has 2 rings (SSSR count). The van der Waals surface area contributed by atoms with Crippen molar-refractivity contribution in [1.82, 2.24) is 4.90 Å². The number of amides is 1. The highest BCUT2D eigenvalue weighted by atomic mass is 79.9. The summed E-state index contributed by atoms with van der Waals surface area (Å²) >= 11 is 3.12. The minimum atomic E-state index is -4.46. The van der Waals surface area contributed by atoms with Crippen LogP contribution in [0.3, 0.4) is 0 Å². The third kappa shape index (κ3) is 4.36. The Labute approximate surface area is 134 Å². The zero-order valence-corrected chi connectivity index (χ0v) is 13.4. The van der Waals surface area contributed by atoms with Crippen LogP contribution in [-0.2, 0) is 15.7 Å². The van der Waals surface area contributed by atoms with Crippen LogP contribution in [0.2, 0.25) is 0 Å². The van der Waals surface area contributed by atoms with E-state index in [-0.39, 0.29) is 24.4 Å². The molecule has 1 aromatic rings. The Morgan fingerprint density at radius 2 is 2.23 bits per heavy atom. The second-order valence-corrected chi connectivity index (χ2v) is 5.81. The number of hydrogen-bond acceptors (Lipinski definition) is 3. The van der Waals surface area contributed by atoms with E-state index in [1.165, 1.54) is 6.07 Å². The molecule has 122 valence electrons. The smallest absolute Gasteiger partial charge is 0.416 e. The molecule has 0 spiro atoms. The lowest BCUT2D eigenvalue weighted by Crippen LogP contribution is -2.46. The Morgan fingerprint density at radius 3 is 2.86 bits per heavy atom. The molecule has 0 saturated carbocycles. The van der Waals surface area contributed by atoms with E-state index in [9.17, 15) is 18.0 Å². The summed E-state index contributed by atoms with van der Waals surface area (Å²) in [7, 11) is 0. The van der Waals surface area contributed by atoms with Crippen molar-refractivity contribution in [1.29, 1.82) is 0 Å². The first-order valence-electron chi connectivity index (χ1n) is 6.66. The molecule has 0 bridgehead atoms.